The molecule has 3 heteroatoms. The van der Waals surface area contributed by atoms with Crippen LogP contribution in [-0.2, 0) is 4.74 Å². The number of hydrogen-bond donors (Lipinski definition) is 0. The summed E-state index contributed by atoms with van der Waals surface area (Å²) in [4.78, 5) is 14.1. The van der Waals surface area contributed by atoms with Gasteiger partial charge in [0.1, 0.15) is 0 Å². The highest BCUT2D eigenvalue weighted by Gasteiger charge is 2.13. The van der Waals surface area contributed by atoms with Crippen LogP contribution in [0.4, 0.5) is 0 Å². The molecule has 1 heterocycles. The fraction of sp³-hybridized carbons (Fsp3) is 0.353. The third-order valence-corrected chi connectivity index (χ3v) is 3.68. The van der Waals surface area contributed by atoms with Gasteiger partial charge in [-0.05, 0) is 43.0 Å². The number of nitrogens with zero attached hydrogens (tertiary/aromatic N) is 1. The maximum Gasteiger partial charge on any atom is 0.338 e. The average molecular weight is 271 g/mol. The molecule has 0 aromatic heterocycles. The van der Waals surface area contributed by atoms with Gasteiger partial charge in [0.25, 0.3) is 0 Å². The number of ether oxygens (including phenoxy) is 1. The number of carbonyl (C=O) groups excluding carboxylic acids is 1. The van der Waals surface area contributed by atoms with Crippen LogP contribution in [0.25, 0.3) is 6.08 Å². The fourth-order valence-electron chi connectivity index (χ4n) is 2.48. The number of likely N-dealkylation sites (tertiary alicyclic amines) is 1. The van der Waals surface area contributed by atoms with E-state index in [0.29, 0.717) is 5.56 Å². The van der Waals surface area contributed by atoms with E-state index in [2.05, 4.69) is 11.5 Å². The quantitative estimate of drug-likeness (QED) is 0.621. The van der Waals surface area contributed by atoms with Gasteiger partial charge in [-0.15, -0.1) is 0 Å². The number of hydrogen-bond acceptors (Lipinski definition) is 3. The molecule has 0 atom stereocenters. The summed E-state index contributed by atoms with van der Waals surface area (Å²) in [6.45, 7) is 8.23. The van der Waals surface area contributed by atoms with Crippen LogP contribution in [0.5, 0.6) is 0 Å². The van der Waals surface area contributed by atoms with E-state index >= 15 is 0 Å². The van der Waals surface area contributed by atoms with Crippen molar-refractivity contribution < 1.29 is 9.53 Å². The molecule has 2 rings (SSSR count). The van der Waals surface area contributed by atoms with Crippen LogP contribution in [0.1, 0.15) is 34.3 Å². The molecule has 1 aliphatic heterocycles. The Hall–Kier alpha value is -2.03. The molecule has 1 saturated heterocycles. The minimum absolute atomic E-state index is 0.305. The number of aryl methyl sites for hydroxylation is 1. The number of allylic oxidation sites excluding steroid dienone is 1. The smallest absolute Gasteiger partial charge is 0.338 e. The van der Waals surface area contributed by atoms with Crippen LogP contribution in [0.15, 0.2) is 36.6 Å². The monoisotopic (exact) mass is 271 g/mol. The summed E-state index contributed by atoms with van der Waals surface area (Å²) in [6.07, 6.45) is 6.40. The topological polar surface area (TPSA) is 29.5 Å². The van der Waals surface area contributed by atoms with E-state index in [-0.39, 0.29) is 5.97 Å². The molecule has 1 aromatic carbocycles. The van der Waals surface area contributed by atoms with Crippen molar-refractivity contribution >= 4 is 12.0 Å². The molecule has 1 fully saturated rings. The number of rotatable bonds is 4. The summed E-state index contributed by atoms with van der Waals surface area (Å²) in [7, 11) is 1.40. The number of esters is 1. The van der Waals surface area contributed by atoms with E-state index < -0.39 is 0 Å². The average Bonchev–Trinajstić information content (AvgIpc) is 2.98. The van der Waals surface area contributed by atoms with E-state index in [1.54, 1.807) is 6.07 Å². The Bertz CT molecular complexity index is 540. The van der Waals surface area contributed by atoms with Crippen molar-refractivity contribution in [2.75, 3.05) is 20.2 Å². The van der Waals surface area contributed by atoms with Crippen molar-refractivity contribution in [1.82, 2.24) is 4.90 Å². The first-order valence-electron chi connectivity index (χ1n) is 6.93. The first-order chi connectivity index (χ1) is 9.63. The Morgan fingerprint density at radius 1 is 1.35 bits per heavy atom. The Labute approximate surface area is 120 Å². The SMILES string of the molecule is C=C(/C=C\c1c(C)cccc1C(=O)OC)N1CCCC1. The lowest BCUT2D eigenvalue weighted by Gasteiger charge is -2.17. The zero-order valence-electron chi connectivity index (χ0n) is 12.2. The van der Waals surface area contributed by atoms with Crippen molar-refractivity contribution in [3.8, 4) is 0 Å². The molecule has 0 spiro atoms. The van der Waals surface area contributed by atoms with Crippen LogP contribution in [0.2, 0.25) is 0 Å². The normalized spacial score (nSPS) is 14.8. The minimum Gasteiger partial charge on any atom is -0.465 e. The number of benzene rings is 1. The molecule has 0 radical (unpaired) electrons. The Morgan fingerprint density at radius 3 is 2.70 bits per heavy atom. The molecule has 106 valence electrons. The van der Waals surface area contributed by atoms with Gasteiger partial charge in [0, 0.05) is 18.8 Å². The maximum absolute atomic E-state index is 11.8. The first kappa shape index (κ1) is 14.4. The Kier molecular flexibility index (Phi) is 4.61. The molecule has 0 amide bonds. The summed E-state index contributed by atoms with van der Waals surface area (Å²) in [5, 5.41) is 0. The number of carbonyl (C=O) groups is 1. The number of methoxy groups -OCH3 is 1. The second-order valence-electron chi connectivity index (χ2n) is 5.05. The highest BCUT2D eigenvalue weighted by Crippen LogP contribution is 2.20. The van der Waals surface area contributed by atoms with Crippen LogP contribution in [0, 0.1) is 6.92 Å². The fourth-order valence-corrected chi connectivity index (χ4v) is 2.48. The lowest BCUT2D eigenvalue weighted by atomic mass is 10.0. The minimum atomic E-state index is -0.305. The molecule has 3 nitrogen and oxygen atoms in total. The molecule has 1 aliphatic rings. The molecule has 0 saturated carbocycles. The zero-order valence-corrected chi connectivity index (χ0v) is 12.2. The lowest BCUT2D eigenvalue weighted by molar-refractivity contribution is 0.0600. The second-order valence-corrected chi connectivity index (χ2v) is 5.05. The van der Waals surface area contributed by atoms with E-state index in [1.807, 2.05) is 31.2 Å². The van der Waals surface area contributed by atoms with E-state index in [4.69, 9.17) is 4.74 Å². The van der Waals surface area contributed by atoms with Crippen LogP contribution < -0.4 is 0 Å². The maximum atomic E-state index is 11.8. The largest absolute Gasteiger partial charge is 0.465 e. The third-order valence-electron chi connectivity index (χ3n) is 3.68. The molecule has 0 unspecified atom stereocenters. The summed E-state index contributed by atoms with van der Waals surface area (Å²) >= 11 is 0. The second kappa shape index (κ2) is 6.42. The highest BCUT2D eigenvalue weighted by molar-refractivity contribution is 5.94. The van der Waals surface area contributed by atoms with Crippen molar-refractivity contribution in [3.63, 3.8) is 0 Å². The van der Waals surface area contributed by atoms with E-state index in [0.717, 1.165) is 29.9 Å². The molecule has 1 aromatic rings. The Balaban J connectivity index is 2.23. The van der Waals surface area contributed by atoms with Gasteiger partial charge in [0.15, 0.2) is 0 Å². The molecular formula is C17H21NO2. The van der Waals surface area contributed by atoms with E-state index in [1.165, 1.54) is 20.0 Å². The highest BCUT2D eigenvalue weighted by atomic mass is 16.5. The molecule has 0 N–H and O–H groups in total. The predicted octanol–water partition coefficient (Wildman–Crippen LogP) is 3.40. The lowest BCUT2D eigenvalue weighted by Crippen LogP contribution is -2.16. The van der Waals surface area contributed by atoms with Crippen molar-refractivity contribution in [2.45, 2.75) is 19.8 Å². The zero-order chi connectivity index (χ0) is 14.5. The predicted molar refractivity (Wildman–Crippen MR) is 81.5 cm³/mol. The van der Waals surface area contributed by atoms with Gasteiger partial charge in [-0.1, -0.05) is 24.8 Å². The molecule has 0 aliphatic carbocycles. The van der Waals surface area contributed by atoms with Gasteiger partial charge < -0.3 is 9.64 Å². The standard InChI is InChI=1S/C17H21NO2/c1-13-7-6-8-16(17(19)20-3)15(13)10-9-14(2)18-11-4-5-12-18/h6-10H,2,4-5,11-12H2,1,3H3/b10-9-. The summed E-state index contributed by atoms with van der Waals surface area (Å²) in [5.41, 5.74) is 3.55. The summed E-state index contributed by atoms with van der Waals surface area (Å²) in [5.74, 6) is -0.305. The van der Waals surface area contributed by atoms with Gasteiger partial charge in [0.05, 0.1) is 12.7 Å². The molecule has 20 heavy (non-hydrogen) atoms. The first-order valence-corrected chi connectivity index (χ1v) is 6.93. The Morgan fingerprint density at radius 2 is 2.05 bits per heavy atom. The summed E-state index contributed by atoms with van der Waals surface area (Å²) < 4.78 is 4.83. The van der Waals surface area contributed by atoms with Crippen molar-refractivity contribution in [2.24, 2.45) is 0 Å². The van der Waals surface area contributed by atoms with Crippen LogP contribution >= 0.6 is 0 Å². The third kappa shape index (κ3) is 3.10. The summed E-state index contributed by atoms with van der Waals surface area (Å²) in [6, 6.07) is 5.65. The van der Waals surface area contributed by atoms with Crippen LogP contribution in [0.3, 0.4) is 0 Å². The molecular weight excluding hydrogens is 250 g/mol. The van der Waals surface area contributed by atoms with Gasteiger partial charge in [-0.3, -0.25) is 0 Å². The van der Waals surface area contributed by atoms with Gasteiger partial charge in [-0.2, -0.15) is 0 Å². The molecule has 0 bridgehead atoms. The van der Waals surface area contributed by atoms with E-state index in [9.17, 15) is 4.79 Å². The van der Waals surface area contributed by atoms with Gasteiger partial charge in [-0.25, -0.2) is 4.79 Å². The van der Waals surface area contributed by atoms with Gasteiger partial charge >= 0.3 is 5.97 Å². The van der Waals surface area contributed by atoms with Crippen molar-refractivity contribution in [1.29, 1.82) is 0 Å². The van der Waals surface area contributed by atoms with Gasteiger partial charge in [0.2, 0.25) is 0 Å². The van der Waals surface area contributed by atoms with Crippen LogP contribution in [-0.4, -0.2) is 31.1 Å². The van der Waals surface area contributed by atoms with Crippen molar-refractivity contribution in [3.05, 3.63) is 53.2 Å².